The summed E-state index contributed by atoms with van der Waals surface area (Å²) in [6, 6.07) is 8.06. The highest BCUT2D eigenvalue weighted by molar-refractivity contribution is 7.89. The van der Waals surface area contributed by atoms with E-state index in [1.54, 1.807) is 0 Å². The van der Waals surface area contributed by atoms with Gasteiger partial charge in [0.2, 0.25) is 10.0 Å². The van der Waals surface area contributed by atoms with E-state index in [0.717, 1.165) is 18.2 Å². The van der Waals surface area contributed by atoms with E-state index in [1.807, 2.05) is 11.9 Å². The molecule has 13 heteroatoms. The number of carbonyl (C=O) groups excluding carboxylic acids is 1. The second-order valence-electron chi connectivity index (χ2n) is 6.94. The number of piperazine rings is 1. The van der Waals surface area contributed by atoms with Crippen molar-refractivity contribution in [3.8, 4) is 0 Å². The predicted molar refractivity (Wildman–Crippen MR) is 110 cm³/mol. The molecule has 1 fully saturated rings. The van der Waals surface area contributed by atoms with Crippen LogP contribution in [-0.4, -0.2) is 66.6 Å². The Bertz CT molecular complexity index is 1090. The number of nitrogens with zero attached hydrogens (tertiary/aromatic N) is 4. The second-order valence-corrected chi connectivity index (χ2v) is 8.88. The summed E-state index contributed by atoms with van der Waals surface area (Å²) < 4.78 is 26.9. The van der Waals surface area contributed by atoms with Gasteiger partial charge in [-0.15, -0.1) is 0 Å². The van der Waals surface area contributed by atoms with Crippen molar-refractivity contribution in [2.45, 2.75) is 4.90 Å². The molecule has 12 nitrogen and oxygen atoms in total. The molecule has 0 aliphatic carbocycles. The first kappa shape index (κ1) is 22.3. The van der Waals surface area contributed by atoms with Gasteiger partial charge in [0.1, 0.15) is 0 Å². The minimum absolute atomic E-state index is 0.0704. The molecule has 31 heavy (non-hydrogen) atoms. The number of carbonyl (C=O) groups is 1. The Hall–Kier alpha value is -3.42. The smallest absolute Gasteiger partial charge is 0.277 e. The first-order valence-electron chi connectivity index (χ1n) is 9.12. The molecular formula is C18H19N5O7S. The number of benzene rings is 2. The van der Waals surface area contributed by atoms with Crippen molar-refractivity contribution in [3.63, 3.8) is 0 Å². The summed E-state index contributed by atoms with van der Waals surface area (Å²) in [5.74, 6) is -0.804. The molecule has 1 heterocycles. The van der Waals surface area contributed by atoms with Crippen molar-refractivity contribution in [2.24, 2.45) is 0 Å². The molecule has 0 radical (unpaired) electrons. The number of amides is 1. The SMILES string of the molecule is CN1CCN(S(=O)(=O)c2ccc(NC(=O)c3cc([N+](=O)[O-])cc([N+](=O)[O-])c3)cc2)CC1. The maximum atomic E-state index is 12.7. The summed E-state index contributed by atoms with van der Waals surface area (Å²) in [6.07, 6.45) is 0. The van der Waals surface area contributed by atoms with Gasteiger partial charge >= 0.3 is 0 Å². The van der Waals surface area contributed by atoms with Crippen LogP contribution in [-0.2, 0) is 10.0 Å². The van der Waals surface area contributed by atoms with Crippen LogP contribution in [0.2, 0.25) is 0 Å². The summed E-state index contributed by atoms with van der Waals surface area (Å²) in [7, 11) is -1.76. The van der Waals surface area contributed by atoms with Crippen molar-refractivity contribution in [2.75, 3.05) is 38.5 Å². The number of likely N-dealkylation sites (N-methyl/N-ethyl adjacent to an activating group) is 1. The summed E-state index contributed by atoms with van der Waals surface area (Å²) >= 11 is 0. The lowest BCUT2D eigenvalue weighted by Gasteiger charge is -2.31. The normalized spacial score (nSPS) is 15.4. The van der Waals surface area contributed by atoms with E-state index in [0.29, 0.717) is 26.2 Å². The van der Waals surface area contributed by atoms with Gasteiger partial charge in [0.05, 0.1) is 26.4 Å². The second kappa shape index (κ2) is 8.75. The molecule has 2 aromatic carbocycles. The highest BCUT2D eigenvalue weighted by atomic mass is 32.2. The van der Waals surface area contributed by atoms with Gasteiger partial charge in [-0.05, 0) is 31.3 Å². The molecule has 0 unspecified atom stereocenters. The van der Waals surface area contributed by atoms with Crippen molar-refractivity contribution in [3.05, 3.63) is 68.3 Å². The molecular weight excluding hydrogens is 430 g/mol. The van der Waals surface area contributed by atoms with Gasteiger partial charge in [-0.2, -0.15) is 4.31 Å². The van der Waals surface area contributed by atoms with Crippen LogP contribution in [0.5, 0.6) is 0 Å². The molecule has 1 N–H and O–H groups in total. The van der Waals surface area contributed by atoms with Crippen LogP contribution in [0.1, 0.15) is 10.4 Å². The first-order valence-corrected chi connectivity index (χ1v) is 10.6. The highest BCUT2D eigenvalue weighted by Gasteiger charge is 2.27. The van der Waals surface area contributed by atoms with Crippen LogP contribution >= 0.6 is 0 Å². The van der Waals surface area contributed by atoms with Gasteiger partial charge in [-0.3, -0.25) is 25.0 Å². The third-order valence-electron chi connectivity index (χ3n) is 4.80. The molecule has 164 valence electrons. The number of nitrogens with one attached hydrogen (secondary N) is 1. The molecule has 1 aliphatic heterocycles. The molecule has 0 aromatic heterocycles. The van der Waals surface area contributed by atoms with E-state index in [2.05, 4.69) is 5.32 Å². The van der Waals surface area contributed by atoms with E-state index in [4.69, 9.17) is 0 Å². The number of non-ortho nitro benzene ring substituents is 2. The Kier molecular flexibility index (Phi) is 6.29. The number of hydrogen-bond acceptors (Lipinski definition) is 8. The largest absolute Gasteiger partial charge is 0.322 e. The lowest BCUT2D eigenvalue weighted by molar-refractivity contribution is -0.394. The Balaban J connectivity index is 1.78. The molecule has 0 atom stereocenters. The standard InChI is InChI=1S/C18H19N5O7S/c1-20-6-8-21(9-7-20)31(29,30)17-4-2-14(3-5-17)19-18(24)13-10-15(22(25)26)12-16(11-13)23(27)28/h2-5,10-12H,6-9H2,1H3,(H,19,24). The number of rotatable bonds is 6. The lowest BCUT2D eigenvalue weighted by Crippen LogP contribution is -2.46. The molecule has 1 aliphatic rings. The van der Waals surface area contributed by atoms with Gasteiger partial charge in [0, 0.05) is 44.0 Å². The average Bonchev–Trinajstić information content (AvgIpc) is 2.74. The van der Waals surface area contributed by atoms with E-state index in [-0.39, 0.29) is 16.1 Å². The summed E-state index contributed by atoms with van der Waals surface area (Å²) in [5.41, 5.74) is -1.22. The molecule has 1 amide bonds. The van der Waals surface area contributed by atoms with E-state index in [9.17, 15) is 33.4 Å². The number of hydrogen-bond donors (Lipinski definition) is 1. The first-order chi connectivity index (χ1) is 14.6. The number of sulfonamides is 1. The maximum absolute atomic E-state index is 12.7. The Morgan fingerprint density at radius 3 is 1.94 bits per heavy atom. The zero-order chi connectivity index (χ0) is 22.8. The molecule has 2 aromatic rings. The quantitative estimate of drug-likeness (QED) is 0.516. The monoisotopic (exact) mass is 449 g/mol. The maximum Gasteiger partial charge on any atom is 0.277 e. The fourth-order valence-electron chi connectivity index (χ4n) is 3.03. The van der Waals surface area contributed by atoms with Crippen LogP contribution in [0.25, 0.3) is 0 Å². The number of nitro benzene ring substituents is 2. The summed E-state index contributed by atoms with van der Waals surface area (Å²) in [4.78, 5) is 34.8. The van der Waals surface area contributed by atoms with Gasteiger partial charge in [-0.1, -0.05) is 0 Å². The predicted octanol–water partition coefficient (Wildman–Crippen LogP) is 1.69. The summed E-state index contributed by atoms with van der Waals surface area (Å²) in [5, 5.41) is 24.4. The van der Waals surface area contributed by atoms with Crippen LogP contribution in [0.3, 0.4) is 0 Å². The van der Waals surface area contributed by atoms with Crippen LogP contribution in [0, 0.1) is 20.2 Å². The summed E-state index contributed by atoms with van der Waals surface area (Å²) in [6.45, 7) is 2.01. The van der Waals surface area contributed by atoms with Crippen LogP contribution < -0.4 is 5.32 Å². The fourth-order valence-corrected chi connectivity index (χ4v) is 4.45. The van der Waals surface area contributed by atoms with E-state index < -0.39 is 37.2 Å². The Morgan fingerprint density at radius 2 is 1.45 bits per heavy atom. The fraction of sp³-hybridized carbons (Fsp3) is 0.278. The molecule has 0 spiro atoms. The van der Waals surface area contributed by atoms with Crippen molar-refractivity contribution >= 4 is 33.0 Å². The van der Waals surface area contributed by atoms with Gasteiger partial charge in [0.25, 0.3) is 17.3 Å². The molecule has 1 saturated heterocycles. The van der Waals surface area contributed by atoms with Crippen LogP contribution in [0.4, 0.5) is 17.1 Å². The third kappa shape index (κ3) is 5.02. The molecule has 0 bridgehead atoms. The number of nitro groups is 2. The van der Waals surface area contributed by atoms with E-state index >= 15 is 0 Å². The van der Waals surface area contributed by atoms with Crippen LogP contribution in [0.15, 0.2) is 47.4 Å². The Morgan fingerprint density at radius 1 is 0.935 bits per heavy atom. The van der Waals surface area contributed by atoms with Crippen molar-refractivity contribution in [1.29, 1.82) is 0 Å². The van der Waals surface area contributed by atoms with Gasteiger partial charge in [-0.25, -0.2) is 8.42 Å². The average molecular weight is 449 g/mol. The van der Waals surface area contributed by atoms with Gasteiger partial charge in [0.15, 0.2) is 0 Å². The zero-order valence-electron chi connectivity index (χ0n) is 16.4. The molecule has 0 saturated carbocycles. The van der Waals surface area contributed by atoms with Gasteiger partial charge < -0.3 is 10.2 Å². The highest BCUT2D eigenvalue weighted by Crippen LogP contribution is 2.24. The Labute approximate surface area is 177 Å². The minimum Gasteiger partial charge on any atom is -0.322 e. The zero-order valence-corrected chi connectivity index (χ0v) is 17.2. The minimum atomic E-state index is -3.67. The number of anilines is 1. The van der Waals surface area contributed by atoms with Crippen molar-refractivity contribution < 1.29 is 23.1 Å². The molecule has 3 rings (SSSR count). The lowest BCUT2D eigenvalue weighted by atomic mass is 10.1. The van der Waals surface area contributed by atoms with Crippen molar-refractivity contribution in [1.82, 2.24) is 9.21 Å². The van der Waals surface area contributed by atoms with E-state index in [1.165, 1.54) is 28.6 Å². The topological polar surface area (TPSA) is 156 Å². The third-order valence-corrected chi connectivity index (χ3v) is 6.71.